The molecule has 2 N–H and O–H groups in total. The summed E-state index contributed by atoms with van der Waals surface area (Å²) in [5, 5.41) is 10.6. The van der Waals surface area contributed by atoms with Crippen LogP contribution >= 0.6 is 11.3 Å². The summed E-state index contributed by atoms with van der Waals surface area (Å²) in [4.78, 5) is 4.47. The van der Waals surface area contributed by atoms with Gasteiger partial charge in [-0.2, -0.15) is 11.3 Å². The second kappa shape index (κ2) is 5.51. The van der Waals surface area contributed by atoms with Crippen LogP contribution in [-0.4, -0.2) is 11.5 Å². The molecule has 0 fully saturated rings. The van der Waals surface area contributed by atoms with Crippen LogP contribution in [0, 0.1) is 0 Å². The van der Waals surface area contributed by atoms with Crippen molar-refractivity contribution in [1.29, 1.82) is 0 Å². The van der Waals surface area contributed by atoms with E-state index in [9.17, 15) is 0 Å². The van der Waals surface area contributed by atoms with E-state index in [1.807, 2.05) is 29.6 Å². The second-order valence-electron chi connectivity index (χ2n) is 3.47. The molecule has 2 heterocycles. The predicted molar refractivity (Wildman–Crippen MR) is 70.6 cm³/mol. The Morgan fingerprint density at radius 3 is 2.88 bits per heavy atom. The predicted octanol–water partition coefficient (Wildman–Crippen LogP) is 3.71. The number of pyridine rings is 1. The molecule has 0 spiro atoms. The van der Waals surface area contributed by atoms with E-state index < -0.39 is 0 Å². The number of thiophene rings is 1. The average Bonchev–Trinajstić information content (AvgIpc) is 2.80. The minimum Gasteiger partial charge on any atom is -0.370 e. The summed E-state index contributed by atoms with van der Waals surface area (Å²) in [6, 6.07) is 7.99. The standard InChI is InChI=1S/C12H15N3S/c1-2-7-13-11-4-3-5-12(15-11)14-10-6-8-16-9-10/h3-6,8-9H,2,7H2,1H3,(H2,13,14,15). The van der Waals surface area contributed by atoms with Crippen molar-refractivity contribution < 1.29 is 0 Å². The fourth-order valence-electron chi connectivity index (χ4n) is 1.34. The lowest BCUT2D eigenvalue weighted by Crippen LogP contribution is -2.02. The van der Waals surface area contributed by atoms with Crippen molar-refractivity contribution in [1.82, 2.24) is 4.98 Å². The van der Waals surface area contributed by atoms with Gasteiger partial charge in [-0.15, -0.1) is 0 Å². The largest absolute Gasteiger partial charge is 0.370 e. The third kappa shape index (κ3) is 2.97. The Bertz CT molecular complexity index is 426. The quantitative estimate of drug-likeness (QED) is 0.826. The van der Waals surface area contributed by atoms with Gasteiger partial charge >= 0.3 is 0 Å². The first-order chi connectivity index (χ1) is 7.88. The second-order valence-corrected chi connectivity index (χ2v) is 4.25. The Balaban J connectivity index is 2.04. The molecule has 0 atom stereocenters. The minimum absolute atomic E-state index is 0.875. The van der Waals surface area contributed by atoms with Crippen LogP contribution in [0.15, 0.2) is 35.0 Å². The van der Waals surface area contributed by atoms with Gasteiger partial charge in [0.25, 0.3) is 0 Å². The lowest BCUT2D eigenvalue weighted by atomic mass is 10.4. The van der Waals surface area contributed by atoms with Crippen molar-refractivity contribution in [2.24, 2.45) is 0 Å². The van der Waals surface area contributed by atoms with Gasteiger partial charge < -0.3 is 10.6 Å². The molecular weight excluding hydrogens is 218 g/mol. The van der Waals surface area contributed by atoms with Crippen LogP contribution in [0.1, 0.15) is 13.3 Å². The van der Waals surface area contributed by atoms with Crippen LogP contribution in [0.2, 0.25) is 0 Å². The van der Waals surface area contributed by atoms with Gasteiger partial charge in [0.1, 0.15) is 11.6 Å². The molecular formula is C12H15N3S. The first-order valence-corrected chi connectivity index (χ1v) is 6.33. The number of nitrogens with one attached hydrogen (secondary N) is 2. The van der Waals surface area contributed by atoms with E-state index in [1.54, 1.807) is 11.3 Å². The third-order valence-corrected chi connectivity index (χ3v) is 2.78. The van der Waals surface area contributed by atoms with E-state index in [2.05, 4.69) is 27.9 Å². The van der Waals surface area contributed by atoms with Crippen molar-refractivity contribution in [3.63, 3.8) is 0 Å². The zero-order chi connectivity index (χ0) is 11.2. The molecule has 0 saturated carbocycles. The number of aromatic nitrogens is 1. The van der Waals surface area contributed by atoms with Gasteiger partial charge in [0.05, 0.1) is 5.69 Å². The summed E-state index contributed by atoms with van der Waals surface area (Å²) in [5.41, 5.74) is 1.09. The number of hydrogen-bond acceptors (Lipinski definition) is 4. The van der Waals surface area contributed by atoms with E-state index in [0.29, 0.717) is 0 Å². The Morgan fingerprint density at radius 1 is 1.25 bits per heavy atom. The highest BCUT2D eigenvalue weighted by molar-refractivity contribution is 7.08. The van der Waals surface area contributed by atoms with Crippen molar-refractivity contribution in [3.8, 4) is 0 Å². The van der Waals surface area contributed by atoms with Crippen LogP contribution in [0.5, 0.6) is 0 Å². The molecule has 0 bridgehead atoms. The van der Waals surface area contributed by atoms with E-state index in [0.717, 1.165) is 30.3 Å². The summed E-state index contributed by atoms with van der Waals surface area (Å²) >= 11 is 1.67. The number of hydrogen-bond donors (Lipinski definition) is 2. The molecule has 0 aliphatic heterocycles. The Morgan fingerprint density at radius 2 is 2.12 bits per heavy atom. The maximum atomic E-state index is 4.47. The molecule has 16 heavy (non-hydrogen) atoms. The normalized spacial score (nSPS) is 10.1. The summed E-state index contributed by atoms with van der Waals surface area (Å²) in [6.45, 7) is 3.09. The van der Waals surface area contributed by atoms with Crippen LogP contribution in [0.3, 0.4) is 0 Å². The highest BCUT2D eigenvalue weighted by atomic mass is 32.1. The number of nitrogens with zero attached hydrogens (tertiary/aromatic N) is 1. The van der Waals surface area contributed by atoms with Gasteiger partial charge in [-0.05, 0) is 30.0 Å². The fourth-order valence-corrected chi connectivity index (χ4v) is 1.93. The Hall–Kier alpha value is -1.55. The molecule has 0 aliphatic rings. The van der Waals surface area contributed by atoms with Crippen LogP contribution in [0.25, 0.3) is 0 Å². The van der Waals surface area contributed by atoms with E-state index in [1.165, 1.54) is 0 Å². The van der Waals surface area contributed by atoms with Crippen LogP contribution in [0.4, 0.5) is 17.3 Å². The topological polar surface area (TPSA) is 37.0 Å². The van der Waals surface area contributed by atoms with E-state index in [4.69, 9.17) is 0 Å². The molecule has 0 saturated heterocycles. The molecule has 0 unspecified atom stereocenters. The minimum atomic E-state index is 0.875. The highest BCUT2D eigenvalue weighted by Gasteiger charge is 1.97. The molecule has 0 aromatic carbocycles. The molecule has 4 heteroatoms. The Labute approximate surface area is 99.5 Å². The van der Waals surface area contributed by atoms with Gasteiger partial charge in [-0.1, -0.05) is 13.0 Å². The third-order valence-electron chi connectivity index (χ3n) is 2.10. The van der Waals surface area contributed by atoms with Crippen molar-refractivity contribution in [2.75, 3.05) is 17.2 Å². The molecule has 2 rings (SSSR count). The lowest BCUT2D eigenvalue weighted by Gasteiger charge is -2.07. The van der Waals surface area contributed by atoms with Gasteiger partial charge in [0.15, 0.2) is 0 Å². The van der Waals surface area contributed by atoms with Crippen LogP contribution in [-0.2, 0) is 0 Å². The lowest BCUT2D eigenvalue weighted by molar-refractivity contribution is 0.970. The molecule has 3 nitrogen and oxygen atoms in total. The maximum Gasteiger partial charge on any atom is 0.132 e. The first-order valence-electron chi connectivity index (χ1n) is 5.38. The maximum absolute atomic E-state index is 4.47. The summed E-state index contributed by atoms with van der Waals surface area (Å²) < 4.78 is 0. The summed E-state index contributed by atoms with van der Waals surface area (Å²) in [7, 11) is 0. The molecule has 0 aliphatic carbocycles. The van der Waals surface area contributed by atoms with E-state index in [-0.39, 0.29) is 0 Å². The monoisotopic (exact) mass is 233 g/mol. The SMILES string of the molecule is CCCNc1cccc(Nc2ccsc2)n1. The average molecular weight is 233 g/mol. The van der Waals surface area contributed by atoms with Crippen molar-refractivity contribution in [2.45, 2.75) is 13.3 Å². The van der Waals surface area contributed by atoms with Gasteiger partial charge in [0, 0.05) is 11.9 Å². The number of anilines is 3. The zero-order valence-electron chi connectivity index (χ0n) is 9.23. The highest BCUT2D eigenvalue weighted by Crippen LogP contribution is 2.18. The molecule has 2 aromatic rings. The fraction of sp³-hybridized carbons (Fsp3) is 0.250. The smallest absolute Gasteiger partial charge is 0.132 e. The van der Waals surface area contributed by atoms with Gasteiger partial charge in [-0.3, -0.25) is 0 Å². The molecule has 0 radical (unpaired) electrons. The van der Waals surface area contributed by atoms with Crippen molar-refractivity contribution >= 4 is 28.7 Å². The molecule has 0 amide bonds. The number of rotatable bonds is 5. The van der Waals surface area contributed by atoms with Crippen LogP contribution < -0.4 is 10.6 Å². The summed E-state index contributed by atoms with van der Waals surface area (Å²) in [6.07, 6.45) is 1.10. The van der Waals surface area contributed by atoms with E-state index >= 15 is 0 Å². The molecule has 2 aromatic heterocycles. The Kier molecular flexibility index (Phi) is 3.77. The van der Waals surface area contributed by atoms with Gasteiger partial charge in [-0.25, -0.2) is 4.98 Å². The zero-order valence-corrected chi connectivity index (χ0v) is 10.1. The summed E-state index contributed by atoms with van der Waals surface area (Å²) in [5.74, 6) is 1.79. The van der Waals surface area contributed by atoms with Gasteiger partial charge in [0.2, 0.25) is 0 Å². The first kappa shape index (κ1) is 11.0. The molecule has 84 valence electrons. The van der Waals surface area contributed by atoms with Crippen molar-refractivity contribution in [3.05, 3.63) is 35.0 Å².